The van der Waals surface area contributed by atoms with Crippen LogP contribution in [0.15, 0.2) is 202 Å². The van der Waals surface area contributed by atoms with Gasteiger partial charge < -0.3 is 47.1 Å². The molecule has 4 saturated heterocycles. The molecule has 35 nitrogen and oxygen atoms in total. The van der Waals surface area contributed by atoms with E-state index < -0.39 is 0 Å². The molecule has 4 fully saturated rings. The second-order valence-electron chi connectivity index (χ2n) is 27.5. The third kappa shape index (κ3) is 17.6. The molecule has 0 radical (unpaired) electrons. The molecular weight excluding hydrogens is 1710 g/mol. The van der Waals surface area contributed by atoms with Gasteiger partial charge in [-0.05, 0) is 161 Å². The fourth-order valence-corrected chi connectivity index (χ4v) is 16.3. The number of halogens is 7. The Hall–Kier alpha value is -12.5. The van der Waals surface area contributed by atoms with E-state index >= 15 is 0 Å². The molecule has 42 heteroatoms. The summed E-state index contributed by atoms with van der Waals surface area (Å²) in [6, 6.07) is 43.8. The van der Waals surface area contributed by atoms with Gasteiger partial charge in [0.2, 0.25) is 52.0 Å². The molecule has 12 aromatic heterocycles. The summed E-state index contributed by atoms with van der Waals surface area (Å²) in [5.41, 5.74) is 21.0. The molecule has 8 N–H and O–H groups in total. The van der Waals surface area contributed by atoms with E-state index in [9.17, 15) is 19.2 Å². The second kappa shape index (κ2) is 38.1. The lowest BCUT2D eigenvalue weighted by atomic mass is 10.2. The second-order valence-corrected chi connectivity index (χ2v) is 30.1. The third-order valence-electron chi connectivity index (χ3n) is 20.1. The van der Waals surface area contributed by atoms with E-state index in [1.165, 1.54) is 9.03 Å². The van der Waals surface area contributed by atoms with Crippen molar-refractivity contribution in [1.82, 2.24) is 111 Å². The van der Waals surface area contributed by atoms with Crippen LogP contribution >= 0.6 is 81.2 Å². The zero-order valence-electron chi connectivity index (χ0n) is 64.2. The van der Waals surface area contributed by atoms with Gasteiger partial charge in [0.1, 0.15) is 28.4 Å². The lowest BCUT2D eigenvalue weighted by molar-refractivity contribution is -0.105. The van der Waals surface area contributed by atoms with Crippen molar-refractivity contribution in [2.75, 3.05) is 70.6 Å². The van der Waals surface area contributed by atoms with Crippen molar-refractivity contribution in [3.05, 3.63) is 278 Å². The van der Waals surface area contributed by atoms with E-state index in [2.05, 4.69) is 60.2 Å². The van der Waals surface area contributed by atoms with Crippen molar-refractivity contribution in [2.45, 2.75) is 89.9 Å². The van der Waals surface area contributed by atoms with Crippen molar-refractivity contribution in [2.24, 2.45) is 0 Å². The SMILES string of the molecule is C.CCO.Nc1nc(N)nc(N2CCC[C@H]2c2nn3ccc(Cl)c3c(=O)n2-c2ccccc2)n1.Nc1nc(N2CCC[C@H]2c2nn3ccc(Cl)c3c(=O)n2-c2ccccc2)n2ccnc2n1.O=CCCl.O=c1c2c(Cl)ccn2nc([C@@H]2CCCN2)n1-c1ccccc1.O=c1c2c(Cl)ccn2nc([C@@H]2CCCN2c2nc(Cl)nc(Cl)n2)n1-c1ccccc1. The summed E-state index contributed by atoms with van der Waals surface area (Å²) in [4.78, 5) is 106. The number of carbonyl (C=O) groups is 1. The number of alkyl halides is 1. The fourth-order valence-electron chi connectivity index (χ4n) is 15.1. The lowest BCUT2D eigenvalue weighted by Crippen LogP contribution is -2.34. The summed E-state index contributed by atoms with van der Waals surface area (Å²) in [7, 11) is 0. The molecule has 0 saturated carbocycles. The Bertz CT molecular complexity index is 6440. The highest BCUT2D eigenvalue weighted by molar-refractivity contribution is 6.35. The molecule has 122 heavy (non-hydrogen) atoms. The number of benzene rings is 4. The van der Waals surface area contributed by atoms with Gasteiger partial charge in [0, 0.05) is 63.4 Å². The lowest BCUT2D eigenvalue weighted by Gasteiger charge is -2.27. The highest BCUT2D eigenvalue weighted by Gasteiger charge is 2.38. The number of para-hydroxylation sites is 4. The van der Waals surface area contributed by atoms with E-state index in [0.717, 1.165) is 81.7 Å². The summed E-state index contributed by atoms with van der Waals surface area (Å²) < 4.78 is 14.5. The van der Waals surface area contributed by atoms with E-state index in [0.29, 0.717) is 114 Å². The molecule has 0 unspecified atom stereocenters. The minimum atomic E-state index is -0.266. The first kappa shape index (κ1) is 85.9. The van der Waals surface area contributed by atoms with Gasteiger partial charge in [-0.3, -0.25) is 41.8 Å². The number of hydrogen-bond donors (Lipinski definition) is 5. The number of anilines is 6. The van der Waals surface area contributed by atoms with Crippen LogP contribution in [0.4, 0.5) is 35.7 Å². The monoisotopic (exact) mass is 1790 g/mol. The number of nitrogens with one attached hydrogen (secondary N) is 1. The normalized spacial score (nSPS) is 16.0. The number of nitrogens with zero attached hydrogens (tertiary/aromatic N) is 25. The Labute approximate surface area is 728 Å². The maximum absolute atomic E-state index is 13.6. The van der Waals surface area contributed by atoms with Crippen LogP contribution in [0.3, 0.4) is 0 Å². The molecule has 4 atom stereocenters. The molecule has 0 aliphatic carbocycles. The first-order valence-electron chi connectivity index (χ1n) is 38.1. The maximum Gasteiger partial charge on any atom is 0.284 e. The number of nitrogen functional groups attached to an aromatic ring is 3. The first-order chi connectivity index (χ1) is 58.7. The third-order valence-corrected chi connectivity index (χ3v) is 21.7. The van der Waals surface area contributed by atoms with Crippen molar-refractivity contribution >= 4 is 151 Å². The highest BCUT2D eigenvalue weighted by atomic mass is 35.5. The number of carbonyl (C=O) groups excluding carboxylic acids is 1. The van der Waals surface area contributed by atoms with Gasteiger partial charge in [0.25, 0.3) is 22.2 Å². The minimum Gasteiger partial charge on any atom is -0.397 e. The summed E-state index contributed by atoms with van der Waals surface area (Å²) in [5, 5.41) is 31.5. The Morgan fingerprint density at radius 3 is 1.13 bits per heavy atom. The molecule has 16 heterocycles. The number of imidazole rings is 1. The number of aldehydes is 1. The van der Waals surface area contributed by atoms with Crippen molar-refractivity contribution in [1.29, 1.82) is 0 Å². The maximum atomic E-state index is 13.6. The van der Waals surface area contributed by atoms with Gasteiger partial charge >= 0.3 is 0 Å². The van der Waals surface area contributed by atoms with E-state index in [1.54, 1.807) is 100 Å². The predicted molar refractivity (Wildman–Crippen MR) is 471 cm³/mol. The van der Waals surface area contributed by atoms with Gasteiger partial charge in [-0.1, -0.05) is 127 Å². The number of aliphatic hydroxyl groups is 1. The minimum absolute atomic E-state index is 0. The predicted octanol–water partition coefficient (Wildman–Crippen LogP) is 11.9. The summed E-state index contributed by atoms with van der Waals surface area (Å²) in [6.45, 7) is 4.93. The van der Waals surface area contributed by atoms with Crippen molar-refractivity contribution in [3.63, 3.8) is 0 Å². The molecule has 0 spiro atoms. The number of rotatable bonds is 12. The number of aromatic nitrogens is 22. The Morgan fingerprint density at radius 2 is 0.770 bits per heavy atom. The molecule has 16 aromatic rings. The molecule has 4 aromatic carbocycles. The van der Waals surface area contributed by atoms with Crippen LogP contribution in [0.1, 0.15) is 113 Å². The molecule has 0 amide bonds. The zero-order valence-corrected chi connectivity index (χ0v) is 69.4. The molecule has 628 valence electrons. The standard InChI is InChI=1S/C21H18ClN9O.C19H14Cl3N7O.C19H18ClN9O.C16H15ClN4O.C2H3ClO.C2H6O.CH4/c22-14-8-11-30-16(14)18(32)31(13-5-2-1-3-6-13)17(27-30)15-7-4-10-28(15)21-26-19(23)25-20-24-9-12-29(20)21;2*20-12-8-10-28-14(12)16(30)29(11-5-2-1-3-6-11)15(26-28)13-7-4-9-27(13)19-24-17(21)23-18(22)25-19;17-12-8-10-20-14(12)16(22)21(11-5-2-1-3-6-11)15(19-20)13-7-4-9-18-13;3-1-2-4;1-2-3;/h1-3,5-6,8-9,11-12,15H,4,7,10H2,(H2,23,24,25);1-3,5-6,8,10,13H,4,7,9H2;1-3,5-6,8,10,13H,4,7,9H2,(H4,21,22,23,24,25);1-3,5-6,8,10,13,18H,4,7,9H2;2H,1H2;3H,2H2,1H3;1H4/t15-;3*13-;;;/m0000.../s1. The van der Waals surface area contributed by atoms with Gasteiger partial charge in [0.15, 0.2) is 23.3 Å². The number of hydrogen-bond acceptors (Lipinski definition) is 26. The van der Waals surface area contributed by atoms with Gasteiger partial charge in [-0.25, -0.2) is 23.0 Å². The van der Waals surface area contributed by atoms with Crippen LogP contribution in [0.2, 0.25) is 30.7 Å². The molecule has 20 rings (SSSR count). The average molecular weight is 1790 g/mol. The summed E-state index contributed by atoms with van der Waals surface area (Å²) in [6.07, 6.45) is 17.9. The number of nitrogens with two attached hydrogens (primary N) is 3. The van der Waals surface area contributed by atoms with Crippen molar-refractivity contribution < 1.29 is 9.90 Å². The van der Waals surface area contributed by atoms with Crippen LogP contribution in [0.25, 0.3) is 50.6 Å². The van der Waals surface area contributed by atoms with Gasteiger partial charge in [-0.2, -0.15) is 60.3 Å². The Morgan fingerprint density at radius 1 is 0.434 bits per heavy atom. The summed E-state index contributed by atoms with van der Waals surface area (Å²) in [5.74, 6) is 4.59. The smallest absolute Gasteiger partial charge is 0.284 e. The number of aliphatic hydroxyl groups excluding tert-OH is 1. The fraction of sp³-hybridized carbons (Fsp3) is 0.250. The van der Waals surface area contributed by atoms with E-state index in [1.807, 2.05) is 131 Å². The molecule has 4 aliphatic heterocycles. The molecule has 4 aliphatic rings. The molecular formula is C80H78Cl7N29O6. The van der Waals surface area contributed by atoms with Crippen LogP contribution in [0.5, 0.6) is 0 Å². The quantitative estimate of drug-likeness (QED) is 0.0560. The van der Waals surface area contributed by atoms with Crippen LogP contribution in [-0.4, -0.2) is 156 Å². The van der Waals surface area contributed by atoms with E-state index in [4.69, 9.17) is 124 Å². The molecule has 0 bridgehead atoms. The van der Waals surface area contributed by atoms with Gasteiger partial charge in [0.05, 0.1) is 72.9 Å². The Balaban J connectivity index is 0.000000130. The average Bonchev–Trinajstić information content (AvgIpc) is 1.56. The first-order valence-corrected chi connectivity index (χ1v) is 40.9. The number of fused-ring (bicyclic) bond motifs is 5. The van der Waals surface area contributed by atoms with Crippen molar-refractivity contribution in [3.8, 4) is 22.7 Å². The van der Waals surface area contributed by atoms with Crippen LogP contribution in [-0.2, 0) is 4.79 Å². The van der Waals surface area contributed by atoms with Crippen LogP contribution < -0.4 is 59.5 Å². The highest BCUT2D eigenvalue weighted by Crippen LogP contribution is 2.39. The topological polar surface area (TPSA) is 415 Å². The largest absolute Gasteiger partial charge is 0.397 e. The Kier molecular flexibility index (Phi) is 26.8. The summed E-state index contributed by atoms with van der Waals surface area (Å²) >= 11 is 41.8. The van der Waals surface area contributed by atoms with Crippen LogP contribution in [0, 0.1) is 0 Å². The van der Waals surface area contributed by atoms with E-state index in [-0.39, 0.29) is 94.7 Å². The van der Waals surface area contributed by atoms with Gasteiger partial charge in [-0.15, -0.1) is 11.6 Å². The zero-order chi connectivity index (χ0) is 84.7.